The van der Waals surface area contributed by atoms with E-state index in [0.29, 0.717) is 12.2 Å². The third-order valence-electron chi connectivity index (χ3n) is 3.73. The number of carbonyl (C=O) groups is 1. The van der Waals surface area contributed by atoms with Gasteiger partial charge in [-0.2, -0.15) is 0 Å². The van der Waals surface area contributed by atoms with Crippen LogP contribution in [0.5, 0.6) is 0 Å². The Morgan fingerprint density at radius 2 is 1.76 bits per heavy atom. The van der Waals surface area contributed by atoms with Crippen molar-refractivity contribution in [1.82, 2.24) is 4.90 Å². The fourth-order valence-corrected chi connectivity index (χ4v) is 2.39. The summed E-state index contributed by atoms with van der Waals surface area (Å²) in [5, 5.41) is 2.20. The molecule has 0 aliphatic heterocycles. The van der Waals surface area contributed by atoms with Crippen molar-refractivity contribution in [3.63, 3.8) is 0 Å². The van der Waals surface area contributed by atoms with Gasteiger partial charge in [0.15, 0.2) is 0 Å². The van der Waals surface area contributed by atoms with E-state index in [1.165, 1.54) is 0 Å². The SMILES string of the molecule is CCN(CC)CCCOC(=O)c1ccc2ccccc2c1. The van der Waals surface area contributed by atoms with Gasteiger partial charge in [0.25, 0.3) is 0 Å². The number of hydrogen-bond donors (Lipinski definition) is 0. The standard InChI is InChI=1S/C18H23NO2/c1-3-19(4-2)12-7-13-21-18(20)17-11-10-15-8-5-6-9-16(15)14-17/h5-6,8-11,14H,3-4,7,12-13H2,1-2H3. The Hall–Kier alpha value is -1.87. The van der Waals surface area contributed by atoms with Crippen LogP contribution < -0.4 is 0 Å². The van der Waals surface area contributed by atoms with Crippen LogP contribution in [0.15, 0.2) is 42.5 Å². The molecule has 0 N–H and O–H groups in total. The van der Waals surface area contributed by atoms with E-state index in [0.717, 1.165) is 36.8 Å². The van der Waals surface area contributed by atoms with Gasteiger partial charge in [-0.05, 0) is 42.4 Å². The minimum Gasteiger partial charge on any atom is -0.462 e. The molecule has 0 amide bonds. The second-order valence-electron chi connectivity index (χ2n) is 5.08. The number of hydrogen-bond acceptors (Lipinski definition) is 3. The van der Waals surface area contributed by atoms with Crippen LogP contribution in [-0.2, 0) is 4.74 Å². The number of benzene rings is 2. The Bertz CT molecular complexity index is 591. The Morgan fingerprint density at radius 3 is 2.48 bits per heavy atom. The molecule has 0 aliphatic carbocycles. The molecule has 0 saturated heterocycles. The van der Waals surface area contributed by atoms with Crippen molar-refractivity contribution >= 4 is 16.7 Å². The van der Waals surface area contributed by atoms with E-state index in [9.17, 15) is 4.79 Å². The second-order valence-corrected chi connectivity index (χ2v) is 5.08. The summed E-state index contributed by atoms with van der Waals surface area (Å²) in [7, 11) is 0. The van der Waals surface area contributed by atoms with Crippen molar-refractivity contribution in [1.29, 1.82) is 0 Å². The molecule has 21 heavy (non-hydrogen) atoms. The second kappa shape index (κ2) is 7.79. The number of carbonyl (C=O) groups excluding carboxylic acids is 1. The molecule has 2 rings (SSSR count). The smallest absolute Gasteiger partial charge is 0.338 e. The van der Waals surface area contributed by atoms with E-state index < -0.39 is 0 Å². The highest BCUT2D eigenvalue weighted by atomic mass is 16.5. The molecule has 0 aliphatic rings. The summed E-state index contributed by atoms with van der Waals surface area (Å²) in [6.07, 6.45) is 0.876. The van der Waals surface area contributed by atoms with Crippen molar-refractivity contribution in [2.24, 2.45) is 0 Å². The summed E-state index contributed by atoms with van der Waals surface area (Å²) in [5.41, 5.74) is 0.622. The first-order chi connectivity index (χ1) is 10.2. The Morgan fingerprint density at radius 1 is 1.05 bits per heavy atom. The summed E-state index contributed by atoms with van der Waals surface area (Å²) in [4.78, 5) is 14.4. The van der Waals surface area contributed by atoms with E-state index in [1.807, 2.05) is 42.5 Å². The molecular formula is C18H23NO2. The van der Waals surface area contributed by atoms with E-state index in [-0.39, 0.29) is 5.97 Å². The predicted molar refractivity (Wildman–Crippen MR) is 86.6 cm³/mol. The number of rotatable bonds is 7. The maximum Gasteiger partial charge on any atom is 0.338 e. The van der Waals surface area contributed by atoms with Gasteiger partial charge in [0.05, 0.1) is 12.2 Å². The number of fused-ring (bicyclic) bond motifs is 1. The summed E-state index contributed by atoms with van der Waals surface area (Å²) in [6, 6.07) is 13.7. The van der Waals surface area contributed by atoms with Gasteiger partial charge in [-0.1, -0.05) is 44.2 Å². The third-order valence-corrected chi connectivity index (χ3v) is 3.73. The van der Waals surface area contributed by atoms with Gasteiger partial charge in [-0.3, -0.25) is 0 Å². The Balaban J connectivity index is 1.87. The highest BCUT2D eigenvalue weighted by Gasteiger charge is 2.08. The van der Waals surface area contributed by atoms with Gasteiger partial charge in [0.2, 0.25) is 0 Å². The lowest BCUT2D eigenvalue weighted by Gasteiger charge is -2.17. The zero-order valence-corrected chi connectivity index (χ0v) is 12.8. The molecule has 0 radical (unpaired) electrons. The Kier molecular flexibility index (Phi) is 5.76. The van der Waals surface area contributed by atoms with Crippen LogP contribution in [0.25, 0.3) is 10.8 Å². The first-order valence-electron chi connectivity index (χ1n) is 7.63. The molecule has 0 fully saturated rings. The fraction of sp³-hybridized carbons (Fsp3) is 0.389. The summed E-state index contributed by atoms with van der Waals surface area (Å²) in [5.74, 6) is -0.236. The minimum absolute atomic E-state index is 0.236. The first kappa shape index (κ1) is 15.5. The van der Waals surface area contributed by atoms with Crippen molar-refractivity contribution in [2.75, 3.05) is 26.2 Å². The number of ether oxygens (including phenoxy) is 1. The van der Waals surface area contributed by atoms with Crippen LogP contribution in [0.2, 0.25) is 0 Å². The van der Waals surface area contributed by atoms with Crippen LogP contribution in [-0.4, -0.2) is 37.1 Å². The van der Waals surface area contributed by atoms with Crippen LogP contribution >= 0.6 is 0 Å². The number of esters is 1. The van der Waals surface area contributed by atoms with E-state index in [1.54, 1.807) is 0 Å². The largest absolute Gasteiger partial charge is 0.462 e. The molecule has 0 heterocycles. The number of nitrogens with zero attached hydrogens (tertiary/aromatic N) is 1. The van der Waals surface area contributed by atoms with Crippen molar-refractivity contribution in [2.45, 2.75) is 20.3 Å². The molecule has 0 atom stereocenters. The fourth-order valence-electron chi connectivity index (χ4n) is 2.39. The molecule has 112 valence electrons. The molecule has 2 aromatic rings. The molecule has 0 bridgehead atoms. The van der Waals surface area contributed by atoms with Crippen LogP contribution in [0.3, 0.4) is 0 Å². The predicted octanol–water partition coefficient (Wildman–Crippen LogP) is 3.73. The summed E-state index contributed by atoms with van der Waals surface area (Å²) in [6.45, 7) is 7.81. The first-order valence-corrected chi connectivity index (χ1v) is 7.63. The van der Waals surface area contributed by atoms with Gasteiger partial charge >= 0.3 is 5.97 Å². The molecular weight excluding hydrogens is 262 g/mol. The van der Waals surface area contributed by atoms with Crippen molar-refractivity contribution in [3.8, 4) is 0 Å². The topological polar surface area (TPSA) is 29.5 Å². The highest BCUT2D eigenvalue weighted by Crippen LogP contribution is 2.16. The lowest BCUT2D eigenvalue weighted by atomic mass is 10.1. The van der Waals surface area contributed by atoms with Gasteiger partial charge in [-0.25, -0.2) is 4.79 Å². The molecule has 3 nitrogen and oxygen atoms in total. The minimum atomic E-state index is -0.236. The molecule has 3 heteroatoms. The lowest BCUT2D eigenvalue weighted by Crippen LogP contribution is -2.25. The lowest BCUT2D eigenvalue weighted by molar-refractivity contribution is 0.0489. The van der Waals surface area contributed by atoms with Gasteiger partial charge < -0.3 is 9.64 Å². The monoisotopic (exact) mass is 285 g/mol. The van der Waals surface area contributed by atoms with Crippen LogP contribution in [0.4, 0.5) is 0 Å². The normalized spacial score (nSPS) is 11.0. The summed E-state index contributed by atoms with van der Waals surface area (Å²) >= 11 is 0. The van der Waals surface area contributed by atoms with E-state index >= 15 is 0 Å². The maximum absolute atomic E-state index is 12.0. The average Bonchev–Trinajstić information content (AvgIpc) is 2.54. The van der Waals surface area contributed by atoms with Crippen LogP contribution in [0, 0.1) is 0 Å². The third kappa shape index (κ3) is 4.30. The molecule has 2 aromatic carbocycles. The van der Waals surface area contributed by atoms with Gasteiger partial charge in [-0.15, -0.1) is 0 Å². The quantitative estimate of drug-likeness (QED) is 0.573. The Labute approximate surface area is 126 Å². The van der Waals surface area contributed by atoms with E-state index in [2.05, 4.69) is 18.7 Å². The molecule has 0 spiro atoms. The highest BCUT2D eigenvalue weighted by molar-refractivity contribution is 5.95. The van der Waals surface area contributed by atoms with Crippen LogP contribution in [0.1, 0.15) is 30.6 Å². The van der Waals surface area contributed by atoms with Gasteiger partial charge in [0, 0.05) is 6.54 Å². The van der Waals surface area contributed by atoms with Crippen molar-refractivity contribution < 1.29 is 9.53 Å². The van der Waals surface area contributed by atoms with Gasteiger partial charge in [0.1, 0.15) is 0 Å². The average molecular weight is 285 g/mol. The van der Waals surface area contributed by atoms with E-state index in [4.69, 9.17) is 4.74 Å². The molecule has 0 aromatic heterocycles. The zero-order valence-electron chi connectivity index (χ0n) is 12.8. The maximum atomic E-state index is 12.0. The van der Waals surface area contributed by atoms with Crippen molar-refractivity contribution in [3.05, 3.63) is 48.0 Å². The summed E-state index contributed by atoms with van der Waals surface area (Å²) < 4.78 is 5.35. The molecule has 0 saturated carbocycles. The molecule has 0 unspecified atom stereocenters. The zero-order chi connectivity index (χ0) is 15.1.